The molecule has 0 spiro atoms. The fraction of sp³-hybridized carbons (Fsp3) is 0.0667. The molecule has 0 unspecified atom stereocenters. The van der Waals surface area contributed by atoms with Crippen molar-refractivity contribution < 1.29 is 14.3 Å². The molecule has 0 fully saturated rings. The standard InChI is InChI=1S/C15H10ClNO3/c1-20-14-10(16)7-9(8-5-3-2-4-6-8)11-12(14)17-15(19)13(11)18/h2-7H,1H3,(H,17,18,19). The van der Waals surface area contributed by atoms with Crippen LogP contribution in [-0.4, -0.2) is 18.8 Å². The number of ether oxygens (including phenoxy) is 1. The molecule has 0 bridgehead atoms. The van der Waals surface area contributed by atoms with Crippen LogP contribution in [-0.2, 0) is 4.79 Å². The minimum absolute atomic E-state index is 0.306. The van der Waals surface area contributed by atoms with E-state index in [0.29, 0.717) is 27.6 Å². The molecule has 0 saturated heterocycles. The summed E-state index contributed by atoms with van der Waals surface area (Å²) in [5.41, 5.74) is 2.09. The van der Waals surface area contributed by atoms with Gasteiger partial charge in [0.1, 0.15) is 0 Å². The van der Waals surface area contributed by atoms with Crippen molar-refractivity contribution in [3.8, 4) is 16.9 Å². The molecule has 20 heavy (non-hydrogen) atoms. The van der Waals surface area contributed by atoms with Gasteiger partial charge in [-0.25, -0.2) is 0 Å². The van der Waals surface area contributed by atoms with E-state index in [2.05, 4.69) is 5.32 Å². The summed E-state index contributed by atoms with van der Waals surface area (Å²) in [5.74, 6) is -0.938. The van der Waals surface area contributed by atoms with E-state index in [1.165, 1.54) is 7.11 Å². The molecule has 3 rings (SSSR count). The van der Waals surface area contributed by atoms with E-state index in [0.717, 1.165) is 5.56 Å². The van der Waals surface area contributed by atoms with E-state index in [1.54, 1.807) is 6.07 Å². The highest BCUT2D eigenvalue weighted by molar-refractivity contribution is 6.53. The van der Waals surface area contributed by atoms with Gasteiger partial charge >= 0.3 is 0 Å². The number of rotatable bonds is 2. The second-order valence-electron chi connectivity index (χ2n) is 4.34. The Kier molecular flexibility index (Phi) is 2.95. The highest BCUT2D eigenvalue weighted by atomic mass is 35.5. The van der Waals surface area contributed by atoms with Crippen LogP contribution in [0.15, 0.2) is 36.4 Å². The summed E-state index contributed by atoms with van der Waals surface area (Å²) >= 11 is 6.17. The highest BCUT2D eigenvalue weighted by Crippen LogP contribution is 2.44. The van der Waals surface area contributed by atoms with Crippen LogP contribution in [0.25, 0.3) is 11.1 Å². The number of methoxy groups -OCH3 is 1. The Morgan fingerprint density at radius 2 is 1.85 bits per heavy atom. The van der Waals surface area contributed by atoms with Gasteiger partial charge in [0.25, 0.3) is 11.7 Å². The number of benzene rings is 2. The third-order valence-electron chi connectivity index (χ3n) is 3.20. The molecule has 0 saturated carbocycles. The van der Waals surface area contributed by atoms with Gasteiger partial charge in [-0.3, -0.25) is 9.59 Å². The lowest BCUT2D eigenvalue weighted by Gasteiger charge is -2.12. The maximum atomic E-state index is 12.1. The van der Waals surface area contributed by atoms with Crippen molar-refractivity contribution in [1.29, 1.82) is 0 Å². The summed E-state index contributed by atoms with van der Waals surface area (Å²) in [4.78, 5) is 23.7. The van der Waals surface area contributed by atoms with Gasteiger partial charge in [-0.05, 0) is 17.2 Å². The number of hydrogen-bond donors (Lipinski definition) is 1. The number of anilines is 1. The van der Waals surface area contributed by atoms with Gasteiger partial charge in [-0.2, -0.15) is 0 Å². The zero-order chi connectivity index (χ0) is 14.3. The minimum atomic E-state index is -0.669. The monoisotopic (exact) mass is 287 g/mol. The first-order valence-corrected chi connectivity index (χ1v) is 6.33. The number of carbonyl (C=O) groups is 2. The Morgan fingerprint density at radius 1 is 1.15 bits per heavy atom. The highest BCUT2D eigenvalue weighted by Gasteiger charge is 2.35. The number of carbonyl (C=O) groups excluding carboxylic acids is 2. The number of ketones is 1. The second kappa shape index (κ2) is 4.65. The molecule has 1 aliphatic rings. The molecular weight excluding hydrogens is 278 g/mol. The lowest BCUT2D eigenvalue weighted by molar-refractivity contribution is -0.112. The molecule has 5 heteroatoms. The summed E-state index contributed by atoms with van der Waals surface area (Å²) in [6, 6.07) is 10.9. The van der Waals surface area contributed by atoms with Crippen LogP contribution in [0.5, 0.6) is 5.75 Å². The predicted molar refractivity (Wildman–Crippen MR) is 76.4 cm³/mol. The Bertz CT molecular complexity index is 726. The Hall–Kier alpha value is -2.33. The summed E-state index contributed by atoms with van der Waals surface area (Å²) in [6.45, 7) is 0. The molecule has 0 aliphatic carbocycles. The third kappa shape index (κ3) is 1.77. The number of nitrogens with one attached hydrogen (secondary N) is 1. The van der Waals surface area contributed by atoms with Crippen LogP contribution in [0.3, 0.4) is 0 Å². The molecule has 0 radical (unpaired) electrons. The second-order valence-corrected chi connectivity index (χ2v) is 4.75. The largest absolute Gasteiger partial charge is 0.493 e. The van der Waals surface area contributed by atoms with Crippen molar-refractivity contribution in [2.75, 3.05) is 12.4 Å². The van der Waals surface area contributed by atoms with Crippen LogP contribution in [0.1, 0.15) is 10.4 Å². The van der Waals surface area contributed by atoms with Crippen molar-refractivity contribution in [2.24, 2.45) is 0 Å². The number of Topliss-reactive ketones (excluding diaryl/α,β-unsaturated/α-hetero) is 1. The summed E-state index contributed by atoms with van der Waals surface area (Å²) < 4.78 is 5.18. The fourth-order valence-electron chi connectivity index (χ4n) is 2.32. The smallest absolute Gasteiger partial charge is 0.296 e. The van der Waals surface area contributed by atoms with Crippen LogP contribution < -0.4 is 10.1 Å². The van der Waals surface area contributed by atoms with E-state index in [1.807, 2.05) is 30.3 Å². The van der Waals surface area contributed by atoms with Gasteiger partial charge in [-0.15, -0.1) is 0 Å². The van der Waals surface area contributed by atoms with Crippen molar-refractivity contribution >= 4 is 29.0 Å². The molecular formula is C15H10ClNO3. The first-order valence-electron chi connectivity index (χ1n) is 5.95. The van der Waals surface area contributed by atoms with Gasteiger partial charge in [0.05, 0.1) is 23.4 Å². The number of halogens is 1. The molecule has 100 valence electrons. The Balaban J connectivity index is 2.33. The van der Waals surface area contributed by atoms with Crippen LogP contribution >= 0.6 is 11.6 Å². The van der Waals surface area contributed by atoms with Crippen molar-refractivity contribution in [3.05, 3.63) is 47.0 Å². The average Bonchev–Trinajstić information content (AvgIpc) is 2.75. The molecule has 0 atom stereocenters. The third-order valence-corrected chi connectivity index (χ3v) is 3.48. The normalized spacial score (nSPS) is 13.1. The average molecular weight is 288 g/mol. The van der Waals surface area contributed by atoms with Gasteiger partial charge in [-0.1, -0.05) is 41.9 Å². The molecule has 2 aromatic carbocycles. The summed E-state index contributed by atoms with van der Waals surface area (Å²) in [6.07, 6.45) is 0. The molecule has 1 heterocycles. The van der Waals surface area contributed by atoms with Crippen molar-refractivity contribution in [3.63, 3.8) is 0 Å². The summed E-state index contributed by atoms with van der Waals surface area (Å²) in [7, 11) is 1.44. The zero-order valence-electron chi connectivity index (χ0n) is 10.6. The number of amides is 1. The molecule has 2 aromatic rings. The van der Waals surface area contributed by atoms with Gasteiger partial charge in [0.2, 0.25) is 0 Å². The van der Waals surface area contributed by atoms with Crippen LogP contribution in [0.4, 0.5) is 5.69 Å². The van der Waals surface area contributed by atoms with Gasteiger partial charge in [0, 0.05) is 0 Å². The molecule has 1 aliphatic heterocycles. The molecule has 4 nitrogen and oxygen atoms in total. The zero-order valence-corrected chi connectivity index (χ0v) is 11.3. The molecule has 1 N–H and O–H groups in total. The quantitative estimate of drug-likeness (QED) is 0.863. The van der Waals surface area contributed by atoms with Crippen molar-refractivity contribution in [2.45, 2.75) is 0 Å². The van der Waals surface area contributed by atoms with E-state index in [9.17, 15) is 9.59 Å². The van der Waals surface area contributed by atoms with Crippen molar-refractivity contribution in [1.82, 2.24) is 0 Å². The Morgan fingerprint density at radius 3 is 2.50 bits per heavy atom. The van der Waals surface area contributed by atoms with E-state index < -0.39 is 11.7 Å². The molecule has 1 amide bonds. The topological polar surface area (TPSA) is 55.4 Å². The van der Waals surface area contributed by atoms with Gasteiger partial charge < -0.3 is 10.1 Å². The lowest BCUT2D eigenvalue weighted by atomic mass is 9.96. The Labute approximate surface area is 120 Å². The maximum Gasteiger partial charge on any atom is 0.296 e. The van der Waals surface area contributed by atoms with Crippen LogP contribution in [0.2, 0.25) is 5.02 Å². The fourth-order valence-corrected chi connectivity index (χ4v) is 2.60. The van der Waals surface area contributed by atoms with E-state index in [-0.39, 0.29) is 0 Å². The summed E-state index contributed by atoms with van der Waals surface area (Å²) in [5, 5.41) is 2.87. The lowest BCUT2D eigenvalue weighted by Crippen LogP contribution is -2.12. The number of fused-ring (bicyclic) bond motifs is 1. The van der Waals surface area contributed by atoms with E-state index in [4.69, 9.17) is 16.3 Å². The SMILES string of the molecule is COc1c(Cl)cc(-c2ccccc2)c2c1NC(=O)C2=O. The van der Waals surface area contributed by atoms with E-state index >= 15 is 0 Å². The first-order chi connectivity index (χ1) is 9.63. The van der Waals surface area contributed by atoms with Gasteiger partial charge in [0.15, 0.2) is 5.75 Å². The predicted octanol–water partition coefficient (Wildman–Crippen LogP) is 3.15. The first kappa shape index (κ1) is 12.7. The number of hydrogen-bond acceptors (Lipinski definition) is 3. The molecule has 0 aromatic heterocycles. The van der Waals surface area contributed by atoms with Crippen LogP contribution in [0, 0.1) is 0 Å². The maximum absolute atomic E-state index is 12.1. The minimum Gasteiger partial charge on any atom is -0.493 e.